The first-order valence-electron chi connectivity index (χ1n) is 7.41. The average Bonchev–Trinajstić information content (AvgIpc) is 3.08. The molecule has 2 aromatic rings. The van der Waals surface area contributed by atoms with Crippen molar-refractivity contribution in [2.45, 2.75) is 38.7 Å². The second-order valence-electron chi connectivity index (χ2n) is 4.96. The normalized spacial score (nSPS) is 11.9. The van der Waals surface area contributed by atoms with Gasteiger partial charge in [0.2, 0.25) is 0 Å². The summed E-state index contributed by atoms with van der Waals surface area (Å²) >= 11 is 7.62. The van der Waals surface area contributed by atoms with E-state index in [1.165, 1.54) is 0 Å². The number of nitrogens with two attached hydrogens (primary N) is 1. The van der Waals surface area contributed by atoms with Gasteiger partial charge in [0.05, 0.1) is 22.5 Å². The van der Waals surface area contributed by atoms with Crippen LogP contribution in [0.15, 0.2) is 40.7 Å². The van der Waals surface area contributed by atoms with Crippen molar-refractivity contribution in [3.63, 3.8) is 0 Å². The maximum absolute atomic E-state index is 6.05. The summed E-state index contributed by atoms with van der Waals surface area (Å²) in [7, 11) is 0. The highest BCUT2D eigenvalue weighted by Gasteiger charge is 2.10. The van der Waals surface area contributed by atoms with Crippen LogP contribution in [-0.2, 0) is 5.88 Å². The number of halogens is 1. The van der Waals surface area contributed by atoms with Gasteiger partial charge in [0.15, 0.2) is 0 Å². The van der Waals surface area contributed by atoms with Crippen molar-refractivity contribution in [1.29, 1.82) is 0 Å². The number of ether oxygens (including phenoxy) is 1. The lowest BCUT2D eigenvalue weighted by molar-refractivity contribution is 0.191. The summed E-state index contributed by atoms with van der Waals surface area (Å²) < 4.78 is 6.00. The molecule has 0 radical (unpaired) electrons. The molecule has 0 bridgehead atoms. The van der Waals surface area contributed by atoms with Crippen molar-refractivity contribution in [2.75, 3.05) is 0 Å². The van der Waals surface area contributed by atoms with E-state index in [0.29, 0.717) is 11.7 Å². The lowest BCUT2D eigenvalue weighted by Gasteiger charge is -2.18. The molecule has 1 aromatic heterocycles. The van der Waals surface area contributed by atoms with Crippen LogP contribution in [0.4, 0.5) is 5.69 Å². The Morgan fingerprint density at radius 1 is 1.32 bits per heavy atom. The van der Waals surface area contributed by atoms with E-state index in [2.05, 4.69) is 18.8 Å². The highest BCUT2D eigenvalue weighted by molar-refractivity contribution is 7.12. The maximum atomic E-state index is 6.05. The van der Waals surface area contributed by atoms with Crippen LogP contribution in [0.2, 0.25) is 0 Å². The van der Waals surface area contributed by atoms with Crippen LogP contribution in [0, 0.1) is 0 Å². The Balaban J connectivity index is 2.23. The van der Waals surface area contributed by atoms with E-state index in [9.17, 15) is 0 Å². The molecular weight excluding hydrogens is 316 g/mol. The van der Waals surface area contributed by atoms with E-state index in [1.54, 1.807) is 11.3 Å². The molecule has 22 heavy (non-hydrogen) atoms. The third-order valence-electron chi connectivity index (χ3n) is 3.42. The fourth-order valence-electron chi connectivity index (χ4n) is 2.11. The molecule has 0 aliphatic heterocycles. The Morgan fingerprint density at radius 3 is 2.68 bits per heavy atom. The van der Waals surface area contributed by atoms with E-state index in [0.717, 1.165) is 34.7 Å². The first-order valence-corrected chi connectivity index (χ1v) is 8.82. The number of aliphatic imine (C=N–C) groups is 1. The molecule has 0 unspecified atom stereocenters. The number of alkyl halides is 1. The van der Waals surface area contributed by atoms with Gasteiger partial charge in [-0.3, -0.25) is 0 Å². The van der Waals surface area contributed by atoms with Gasteiger partial charge in [0, 0.05) is 5.56 Å². The van der Waals surface area contributed by atoms with Gasteiger partial charge < -0.3 is 10.5 Å². The van der Waals surface area contributed by atoms with E-state index in [1.807, 2.05) is 35.7 Å². The number of benzene rings is 1. The molecule has 0 spiro atoms. The molecule has 5 heteroatoms. The lowest BCUT2D eigenvalue weighted by Crippen LogP contribution is -2.14. The molecule has 0 saturated heterocycles. The second-order valence-corrected chi connectivity index (χ2v) is 6.17. The summed E-state index contributed by atoms with van der Waals surface area (Å²) in [4.78, 5) is 5.42. The van der Waals surface area contributed by atoms with Gasteiger partial charge in [-0.05, 0) is 42.5 Å². The quantitative estimate of drug-likeness (QED) is 0.435. The van der Waals surface area contributed by atoms with Crippen molar-refractivity contribution in [3.05, 3.63) is 46.2 Å². The smallest absolute Gasteiger partial charge is 0.141 e. The van der Waals surface area contributed by atoms with Gasteiger partial charge in [-0.25, -0.2) is 4.99 Å². The largest absolute Gasteiger partial charge is 0.490 e. The fraction of sp³-hybridized carbons (Fsp3) is 0.353. The molecule has 0 saturated carbocycles. The summed E-state index contributed by atoms with van der Waals surface area (Å²) in [5.41, 5.74) is 7.75. The first-order chi connectivity index (χ1) is 10.7. The number of nitrogens with zero attached hydrogens (tertiary/aromatic N) is 1. The number of amidine groups is 1. The highest BCUT2D eigenvalue weighted by atomic mass is 35.5. The van der Waals surface area contributed by atoms with Gasteiger partial charge in [-0.2, -0.15) is 0 Å². The number of hydrogen-bond acceptors (Lipinski definition) is 3. The zero-order valence-electron chi connectivity index (χ0n) is 12.9. The Kier molecular flexibility index (Phi) is 6.28. The van der Waals surface area contributed by atoms with E-state index in [-0.39, 0.29) is 6.10 Å². The van der Waals surface area contributed by atoms with Crippen molar-refractivity contribution >= 4 is 34.5 Å². The topological polar surface area (TPSA) is 47.6 Å². The first kappa shape index (κ1) is 16.8. The minimum absolute atomic E-state index is 0.215. The van der Waals surface area contributed by atoms with E-state index < -0.39 is 0 Å². The molecule has 118 valence electrons. The van der Waals surface area contributed by atoms with Crippen molar-refractivity contribution < 1.29 is 4.74 Å². The molecule has 1 aromatic carbocycles. The third-order valence-corrected chi connectivity index (χ3v) is 4.60. The van der Waals surface area contributed by atoms with Crippen LogP contribution >= 0.6 is 22.9 Å². The summed E-state index contributed by atoms with van der Waals surface area (Å²) in [6, 6.07) is 9.69. The average molecular weight is 337 g/mol. The fourth-order valence-corrected chi connectivity index (χ4v) is 2.94. The van der Waals surface area contributed by atoms with Gasteiger partial charge in [0.25, 0.3) is 0 Å². The van der Waals surface area contributed by atoms with Crippen LogP contribution in [-0.4, -0.2) is 11.9 Å². The standard InChI is InChI=1S/C17H21ClN2OS/c1-3-14(4-2)21-15-8-7-13(10-12(15)11-18)20-17(19)16-6-5-9-22-16/h5-10,14H,3-4,11H2,1-2H3,(H2,19,20). The van der Waals surface area contributed by atoms with Crippen molar-refractivity contribution in [1.82, 2.24) is 0 Å². The third kappa shape index (κ3) is 4.24. The molecule has 1 heterocycles. The Labute approximate surface area is 140 Å². The van der Waals surface area contributed by atoms with Crippen LogP contribution in [0.3, 0.4) is 0 Å². The second kappa shape index (κ2) is 8.20. The minimum atomic E-state index is 0.215. The molecule has 0 atom stereocenters. The summed E-state index contributed by atoms with van der Waals surface area (Å²) in [5.74, 6) is 1.74. The molecule has 2 rings (SSSR count). The summed E-state index contributed by atoms with van der Waals surface area (Å²) in [6.07, 6.45) is 2.17. The van der Waals surface area contributed by atoms with Gasteiger partial charge in [-0.1, -0.05) is 19.9 Å². The number of hydrogen-bond donors (Lipinski definition) is 1. The number of thiophene rings is 1. The zero-order valence-corrected chi connectivity index (χ0v) is 14.5. The SMILES string of the molecule is CCC(CC)Oc1ccc(N=C(N)c2cccs2)cc1CCl. The summed E-state index contributed by atoms with van der Waals surface area (Å²) in [5, 5.41) is 1.98. The minimum Gasteiger partial charge on any atom is -0.490 e. The predicted molar refractivity (Wildman–Crippen MR) is 95.7 cm³/mol. The Morgan fingerprint density at radius 2 is 2.09 bits per heavy atom. The maximum Gasteiger partial charge on any atom is 0.141 e. The monoisotopic (exact) mass is 336 g/mol. The number of rotatable bonds is 7. The molecule has 0 aliphatic rings. The van der Waals surface area contributed by atoms with E-state index >= 15 is 0 Å². The zero-order chi connectivity index (χ0) is 15.9. The molecular formula is C17H21ClN2OS. The predicted octanol–water partition coefficient (Wildman–Crippen LogP) is 5.09. The Hall–Kier alpha value is -1.52. The molecule has 2 N–H and O–H groups in total. The molecule has 0 aliphatic carbocycles. The lowest BCUT2D eigenvalue weighted by atomic mass is 10.1. The van der Waals surface area contributed by atoms with Crippen molar-refractivity contribution in [3.8, 4) is 5.75 Å². The molecule has 0 amide bonds. The van der Waals surface area contributed by atoms with Crippen LogP contribution in [0.1, 0.15) is 37.1 Å². The summed E-state index contributed by atoms with van der Waals surface area (Å²) in [6.45, 7) is 4.24. The highest BCUT2D eigenvalue weighted by Crippen LogP contribution is 2.28. The molecule has 0 fully saturated rings. The van der Waals surface area contributed by atoms with Gasteiger partial charge in [-0.15, -0.1) is 22.9 Å². The van der Waals surface area contributed by atoms with Crippen LogP contribution in [0.25, 0.3) is 0 Å². The van der Waals surface area contributed by atoms with E-state index in [4.69, 9.17) is 22.1 Å². The van der Waals surface area contributed by atoms with Crippen molar-refractivity contribution in [2.24, 2.45) is 10.7 Å². The van der Waals surface area contributed by atoms with Gasteiger partial charge >= 0.3 is 0 Å². The van der Waals surface area contributed by atoms with Gasteiger partial charge in [0.1, 0.15) is 11.6 Å². The van der Waals surface area contributed by atoms with Crippen LogP contribution in [0.5, 0.6) is 5.75 Å². The molecule has 3 nitrogen and oxygen atoms in total. The van der Waals surface area contributed by atoms with Crippen LogP contribution < -0.4 is 10.5 Å². The Bertz CT molecular complexity index is 622.